The Bertz CT molecular complexity index is 1120. The van der Waals surface area contributed by atoms with Crippen molar-refractivity contribution in [3.63, 3.8) is 0 Å². The molecule has 30 heavy (non-hydrogen) atoms. The summed E-state index contributed by atoms with van der Waals surface area (Å²) in [6, 6.07) is 18.5. The lowest BCUT2D eigenvalue weighted by atomic mass is 10.1. The molecule has 1 N–H and O–H groups in total. The third-order valence-electron chi connectivity index (χ3n) is 4.67. The first-order chi connectivity index (χ1) is 14.5. The van der Waals surface area contributed by atoms with Gasteiger partial charge in [0.05, 0.1) is 17.9 Å². The predicted molar refractivity (Wildman–Crippen MR) is 116 cm³/mol. The molecule has 0 saturated carbocycles. The molecule has 0 bridgehead atoms. The van der Waals surface area contributed by atoms with Crippen molar-refractivity contribution < 1.29 is 9.59 Å². The Hall–Kier alpha value is -3.45. The number of hydrogen-bond acceptors (Lipinski definition) is 4. The van der Waals surface area contributed by atoms with Crippen molar-refractivity contribution in [3.05, 3.63) is 76.9 Å². The fraction of sp³-hybridized carbons (Fsp3) is 0.182. The van der Waals surface area contributed by atoms with E-state index in [0.29, 0.717) is 29.5 Å². The van der Waals surface area contributed by atoms with Crippen molar-refractivity contribution in [1.82, 2.24) is 14.8 Å². The van der Waals surface area contributed by atoms with Crippen molar-refractivity contribution in [2.45, 2.75) is 26.3 Å². The van der Waals surface area contributed by atoms with Gasteiger partial charge in [-0.1, -0.05) is 48.0 Å². The maximum Gasteiger partial charge on any atom is 0.273 e. The molecule has 152 valence electrons. The van der Waals surface area contributed by atoms with Crippen LogP contribution in [0, 0.1) is 6.92 Å². The molecule has 1 aliphatic rings. The van der Waals surface area contributed by atoms with Crippen molar-refractivity contribution in [2.75, 3.05) is 5.32 Å². The van der Waals surface area contributed by atoms with Gasteiger partial charge >= 0.3 is 0 Å². The van der Waals surface area contributed by atoms with Gasteiger partial charge < -0.3 is 5.32 Å². The van der Waals surface area contributed by atoms with Gasteiger partial charge in [0.25, 0.3) is 5.91 Å². The Balaban J connectivity index is 1.55. The summed E-state index contributed by atoms with van der Waals surface area (Å²) in [6.07, 6.45) is 0.534. The molecule has 0 aliphatic carbocycles. The number of carbonyl (C=O) groups is 2. The Morgan fingerprint density at radius 1 is 1.10 bits per heavy atom. The maximum absolute atomic E-state index is 12.9. The number of nitrogens with one attached hydrogen (secondary N) is 1. The zero-order chi connectivity index (χ0) is 21.1. The van der Waals surface area contributed by atoms with E-state index in [9.17, 15) is 9.59 Å². The second kappa shape index (κ2) is 8.51. The van der Waals surface area contributed by atoms with Crippen molar-refractivity contribution >= 4 is 34.9 Å². The Kier molecular flexibility index (Phi) is 5.63. The average molecular weight is 422 g/mol. The number of carbonyl (C=O) groups excluding carboxylic acids is 2. The van der Waals surface area contributed by atoms with Crippen LogP contribution in [0.1, 0.15) is 24.1 Å². The maximum atomic E-state index is 12.9. The molecule has 0 radical (unpaired) electrons. The molecule has 1 aromatic heterocycles. The standard InChI is InChI=1S/C22H20ClN5O2/c1-15-12-20(28(25-15)18-9-5-8-17(23)13-18)24-22(30)19-10-11-21(29)27(26-19)14-16-6-3-2-4-7-16/h2-9,12-13H,10-11,14H2,1H3,(H,24,30). The lowest BCUT2D eigenvalue weighted by Crippen LogP contribution is -2.36. The van der Waals surface area contributed by atoms with E-state index in [4.69, 9.17) is 11.6 Å². The fourth-order valence-corrected chi connectivity index (χ4v) is 3.41. The molecule has 1 aliphatic heterocycles. The number of hydrogen-bond donors (Lipinski definition) is 1. The van der Waals surface area contributed by atoms with E-state index in [1.165, 1.54) is 5.01 Å². The van der Waals surface area contributed by atoms with Gasteiger partial charge in [0.15, 0.2) is 0 Å². The lowest BCUT2D eigenvalue weighted by molar-refractivity contribution is -0.132. The van der Waals surface area contributed by atoms with Crippen LogP contribution in [-0.2, 0) is 16.1 Å². The number of benzene rings is 2. The summed E-state index contributed by atoms with van der Waals surface area (Å²) < 4.78 is 1.62. The van der Waals surface area contributed by atoms with Gasteiger partial charge in [0, 0.05) is 23.9 Å². The van der Waals surface area contributed by atoms with Crippen LogP contribution < -0.4 is 5.32 Å². The number of nitrogens with zero attached hydrogens (tertiary/aromatic N) is 4. The smallest absolute Gasteiger partial charge is 0.273 e. The summed E-state index contributed by atoms with van der Waals surface area (Å²) in [7, 11) is 0. The first-order valence-corrected chi connectivity index (χ1v) is 9.93. The summed E-state index contributed by atoms with van der Waals surface area (Å²) in [5, 5.41) is 13.6. The third-order valence-corrected chi connectivity index (χ3v) is 4.90. The highest BCUT2D eigenvalue weighted by Crippen LogP contribution is 2.21. The second-order valence-corrected chi connectivity index (χ2v) is 7.44. The Morgan fingerprint density at radius 3 is 2.67 bits per heavy atom. The molecule has 8 heteroatoms. The van der Waals surface area contributed by atoms with Gasteiger partial charge in [-0.2, -0.15) is 10.2 Å². The van der Waals surface area contributed by atoms with Crippen LogP contribution >= 0.6 is 11.6 Å². The molecular weight excluding hydrogens is 402 g/mol. The molecule has 3 aromatic rings. The summed E-state index contributed by atoms with van der Waals surface area (Å²) in [4.78, 5) is 25.1. The Morgan fingerprint density at radius 2 is 1.90 bits per heavy atom. The summed E-state index contributed by atoms with van der Waals surface area (Å²) >= 11 is 6.09. The number of hydrazone groups is 1. The molecule has 0 saturated heterocycles. The summed E-state index contributed by atoms with van der Waals surface area (Å²) in [6.45, 7) is 2.17. The van der Waals surface area contributed by atoms with Crippen LogP contribution in [0.2, 0.25) is 5.02 Å². The monoisotopic (exact) mass is 421 g/mol. The molecule has 0 fully saturated rings. The van der Waals surface area contributed by atoms with Crippen LogP contribution in [0.25, 0.3) is 5.69 Å². The Labute approximate surface area is 179 Å². The quantitative estimate of drug-likeness (QED) is 0.677. The van der Waals surface area contributed by atoms with Crippen LogP contribution in [0.15, 0.2) is 65.8 Å². The molecule has 2 amide bonds. The zero-order valence-corrected chi connectivity index (χ0v) is 17.1. The molecule has 7 nitrogen and oxygen atoms in total. The third kappa shape index (κ3) is 4.41. The van der Waals surface area contributed by atoms with Gasteiger partial charge in [0.1, 0.15) is 11.5 Å². The van der Waals surface area contributed by atoms with Gasteiger partial charge in [-0.05, 0) is 30.7 Å². The lowest BCUT2D eigenvalue weighted by Gasteiger charge is -2.23. The van der Waals surface area contributed by atoms with E-state index in [2.05, 4.69) is 15.5 Å². The normalized spacial score (nSPS) is 13.9. The minimum absolute atomic E-state index is 0.102. The SMILES string of the molecule is Cc1cc(NC(=O)C2=NN(Cc3ccccc3)C(=O)CC2)n(-c2cccc(Cl)c2)n1. The van der Waals surface area contributed by atoms with Crippen LogP contribution in [0.5, 0.6) is 0 Å². The highest BCUT2D eigenvalue weighted by Gasteiger charge is 2.25. The van der Waals surface area contributed by atoms with E-state index in [0.717, 1.165) is 16.9 Å². The minimum atomic E-state index is -0.358. The highest BCUT2D eigenvalue weighted by molar-refractivity contribution is 6.43. The van der Waals surface area contributed by atoms with E-state index >= 15 is 0 Å². The average Bonchev–Trinajstić information content (AvgIpc) is 3.10. The van der Waals surface area contributed by atoms with Crippen molar-refractivity contribution in [1.29, 1.82) is 0 Å². The number of aromatic nitrogens is 2. The van der Waals surface area contributed by atoms with Crippen LogP contribution in [0.3, 0.4) is 0 Å². The molecule has 2 aromatic carbocycles. The molecule has 0 atom stereocenters. The number of anilines is 1. The number of aryl methyl sites for hydroxylation is 1. The molecule has 4 rings (SSSR count). The summed E-state index contributed by atoms with van der Waals surface area (Å²) in [5.74, 6) is 0.0490. The van der Waals surface area contributed by atoms with Gasteiger partial charge in [0.2, 0.25) is 5.91 Å². The molecule has 0 unspecified atom stereocenters. The van der Waals surface area contributed by atoms with Gasteiger partial charge in [-0.15, -0.1) is 0 Å². The fourth-order valence-electron chi connectivity index (χ4n) is 3.23. The van der Waals surface area contributed by atoms with E-state index in [-0.39, 0.29) is 18.2 Å². The van der Waals surface area contributed by atoms with Crippen molar-refractivity contribution in [2.24, 2.45) is 5.10 Å². The highest BCUT2D eigenvalue weighted by atomic mass is 35.5. The van der Waals surface area contributed by atoms with Crippen molar-refractivity contribution in [3.8, 4) is 5.69 Å². The topological polar surface area (TPSA) is 79.6 Å². The molecule has 0 spiro atoms. The zero-order valence-electron chi connectivity index (χ0n) is 16.4. The first-order valence-electron chi connectivity index (χ1n) is 9.55. The van der Waals surface area contributed by atoms with Gasteiger partial charge in [-0.25, -0.2) is 9.69 Å². The largest absolute Gasteiger partial charge is 0.305 e. The van der Waals surface area contributed by atoms with E-state index in [1.54, 1.807) is 22.9 Å². The number of rotatable bonds is 5. The molecular formula is C22H20ClN5O2. The van der Waals surface area contributed by atoms with Crippen LogP contribution in [-0.4, -0.2) is 32.3 Å². The number of halogens is 1. The van der Waals surface area contributed by atoms with E-state index in [1.807, 2.05) is 49.4 Å². The number of amides is 2. The van der Waals surface area contributed by atoms with Crippen LogP contribution in [0.4, 0.5) is 5.82 Å². The second-order valence-electron chi connectivity index (χ2n) is 7.00. The van der Waals surface area contributed by atoms with E-state index < -0.39 is 0 Å². The molecule has 2 heterocycles. The van der Waals surface area contributed by atoms with Gasteiger partial charge in [-0.3, -0.25) is 9.59 Å². The predicted octanol–water partition coefficient (Wildman–Crippen LogP) is 3.95. The minimum Gasteiger partial charge on any atom is -0.305 e. The summed E-state index contributed by atoms with van der Waals surface area (Å²) in [5.41, 5.74) is 2.74. The first kappa shape index (κ1) is 19.8.